The molecule has 0 saturated heterocycles. The summed E-state index contributed by atoms with van der Waals surface area (Å²) in [7, 11) is 0. The lowest BCUT2D eigenvalue weighted by molar-refractivity contribution is 0.289. The number of para-hydroxylation sites is 1. The van der Waals surface area contributed by atoms with Gasteiger partial charge in [0.15, 0.2) is 0 Å². The molecule has 0 aliphatic carbocycles. The molecule has 0 aromatic heterocycles. The van der Waals surface area contributed by atoms with Gasteiger partial charge in [-0.05, 0) is 48.1 Å². The fourth-order valence-electron chi connectivity index (χ4n) is 2.69. The van der Waals surface area contributed by atoms with Crippen LogP contribution in [0.3, 0.4) is 0 Å². The number of rotatable bonds is 2. The Labute approximate surface area is 114 Å². The third-order valence-electron chi connectivity index (χ3n) is 3.76. The molecule has 1 aliphatic heterocycles. The van der Waals surface area contributed by atoms with Crippen molar-refractivity contribution in [1.82, 2.24) is 0 Å². The zero-order chi connectivity index (χ0) is 13.2. The Bertz CT molecular complexity index is 604. The molecule has 2 aromatic carbocycles. The minimum Gasteiger partial charge on any atom is -0.493 e. The van der Waals surface area contributed by atoms with Crippen LogP contribution in [0.25, 0.3) is 11.1 Å². The molecule has 1 aliphatic rings. The first-order chi connectivity index (χ1) is 9.29. The van der Waals surface area contributed by atoms with E-state index in [0.717, 1.165) is 30.8 Å². The van der Waals surface area contributed by atoms with E-state index in [1.54, 1.807) is 0 Å². The highest BCUT2D eigenvalue weighted by atomic mass is 16.5. The molecule has 0 radical (unpaired) electrons. The number of ether oxygens (including phenoxy) is 1. The lowest BCUT2D eigenvalue weighted by Crippen LogP contribution is -2.09. The summed E-state index contributed by atoms with van der Waals surface area (Å²) < 4.78 is 5.91. The van der Waals surface area contributed by atoms with Gasteiger partial charge in [-0.3, -0.25) is 0 Å². The minimum atomic E-state index is 0.573. The molecule has 0 bridgehead atoms. The van der Waals surface area contributed by atoms with Crippen molar-refractivity contribution in [2.75, 3.05) is 6.61 Å². The second-order valence-electron chi connectivity index (χ2n) is 5.10. The van der Waals surface area contributed by atoms with Crippen LogP contribution in [0.15, 0.2) is 36.4 Å². The SMILES string of the molecule is Cc1ccc(CN)cc1-c1cccc2c1OCCC2. The Balaban J connectivity index is 2.16. The predicted molar refractivity (Wildman–Crippen MR) is 78.3 cm³/mol. The summed E-state index contributed by atoms with van der Waals surface area (Å²) in [4.78, 5) is 0. The van der Waals surface area contributed by atoms with E-state index in [9.17, 15) is 0 Å². The predicted octanol–water partition coefficient (Wildman–Crippen LogP) is 3.45. The largest absolute Gasteiger partial charge is 0.493 e. The minimum absolute atomic E-state index is 0.573. The third-order valence-corrected chi connectivity index (χ3v) is 3.76. The molecular weight excluding hydrogens is 234 g/mol. The Kier molecular flexibility index (Phi) is 3.26. The van der Waals surface area contributed by atoms with E-state index in [-0.39, 0.29) is 0 Å². The van der Waals surface area contributed by atoms with Crippen molar-refractivity contribution in [3.05, 3.63) is 53.1 Å². The summed E-state index contributed by atoms with van der Waals surface area (Å²) in [5, 5.41) is 0. The van der Waals surface area contributed by atoms with Crippen molar-refractivity contribution in [2.45, 2.75) is 26.3 Å². The van der Waals surface area contributed by atoms with Gasteiger partial charge >= 0.3 is 0 Å². The molecular formula is C17H19NO. The van der Waals surface area contributed by atoms with Crippen molar-refractivity contribution in [2.24, 2.45) is 5.73 Å². The van der Waals surface area contributed by atoms with Gasteiger partial charge in [0.2, 0.25) is 0 Å². The van der Waals surface area contributed by atoms with Gasteiger partial charge in [0.25, 0.3) is 0 Å². The van der Waals surface area contributed by atoms with Crippen molar-refractivity contribution < 1.29 is 4.74 Å². The first-order valence-electron chi connectivity index (χ1n) is 6.84. The number of aryl methyl sites for hydroxylation is 2. The van der Waals surface area contributed by atoms with Crippen LogP contribution in [0.1, 0.15) is 23.1 Å². The number of fused-ring (bicyclic) bond motifs is 1. The van der Waals surface area contributed by atoms with Gasteiger partial charge in [0, 0.05) is 12.1 Å². The van der Waals surface area contributed by atoms with Crippen LogP contribution >= 0.6 is 0 Å². The number of hydrogen-bond donors (Lipinski definition) is 1. The summed E-state index contributed by atoms with van der Waals surface area (Å²) in [6, 6.07) is 12.8. The van der Waals surface area contributed by atoms with Crippen LogP contribution < -0.4 is 10.5 Å². The average Bonchev–Trinajstić information content (AvgIpc) is 2.47. The molecule has 0 saturated carbocycles. The van der Waals surface area contributed by atoms with Crippen LogP contribution in [0, 0.1) is 6.92 Å². The Hall–Kier alpha value is -1.80. The topological polar surface area (TPSA) is 35.2 Å². The molecule has 98 valence electrons. The van der Waals surface area contributed by atoms with E-state index in [1.807, 2.05) is 0 Å². The van der Waals surface area contributed by atoms with E-state index in [0.29, 0.717) is 6.54 Å². The van der Waals surface area contributed by atoms with Crippen LogP contribution in [-0.2, 0) is 13.0 Å². The summed E-state index contributed by atoms with van der Waals surface area (Å²) in [6.07, 6.45) is 2.22. The monoisotopic (exact) mass is 253 g/mol. The summed E-state index contributed by atoms with van der Waals surface area (Å²) in [5.74, 6) is 1.06. The first-order valence-corrected chi connectivity index (χ1v) is 6.84. The molecule has 2 nitrogen and oxygen atoms in total. The highest BCUT2D eigenvalue weighted by Gasteiger charge is 2.16. The lowest BCUT2D eigenvalue weighted by Gasteiger charge is -2.21. The smallest absolute Gasteiger partial charge is 0.130 e. The number of nitrogens with two attached hydrogens (primary N) is 1. The van der Waals surface area contributed by atoms with Gasteiger partial charge in [0.05, 0.1) is 6.61 Å². The van der Waals surface area contributed by atoms with Gasteiger partial charge in [-0.25, -0.2) is 0 Å². The summed E-state index contributed by atoms with van der Waals surface area (Å²) >= 11 is 0. The molecule has 2 N–H and O–H groups in total. The van der Waals surface area contributed by atoms with E-state index in [1.165, 1.54) is 22.3 Å². The molecule has 0 atom stereocenters. The van der Waals surface area contributed by atoms with E-state index >= 15 is 0 Å². The van der Waals surface area contributed by atoms with Crippen molar-refractivity contribution in [1.29, 1.82) is 0 Å². The van der Waals surface area contributed by atoms with Gasteiger partial charge in [-0.1, -0.05) is 30.3 Å². The molecule has 0 amide bonds. The van der Waals surface area contributed by atoms with Gasteiger partial charge in [0.1, 0.15) is 5.75 Å². The summed E-state index contributed by atoms with van der Waals surface area (Å²) in [5.41, 5.74) is 11.9. The Morgan fingerprint density at radius 3 is 2.89 bits per heavy atom. The van der Waals surface area contributed by atoms with Crippen LogP contribution in [0.2, 0.25) is 0 Å². The van der Waals surface area contributed by atoms with E-state index in [2.05, 4.69) is 43.3 Å². The van der Waals surface area contributed by atoms with Crippen LogP contribution in [0.5, 0.6) is 5.75 Å². The van der Waals surface area contributed by atoms with E-state index < -0.39 is 0 Å². The maximum absolute atomic E-state index is 5.91. The lowest BCUT2D eigenvalue weighted by atomic mass is 9.93. The van der Waals surface area contributed by atoms with Gasteiger partial charge < -0.3 is 10.5 Å². The molecule has 0 spiro atoms. The Morgan fingerprint density at radius 2 is 2.05 bits per heavy atom. The second-order valence-corrected chi connectivity index (χ2v) is 5.10. The van der Waals surface area contributed by atoms with Gasteiger partial charge in [-0.15, -0.1) is 0 Å². The number of benzene rings is 2. The second kappa shape index (κ2) is 5.06. The molecule has 3 rings (SSSR count). The van der Waals surface area contributed by atoms with Crippen LogP contribution in [-0.4, -0.2) is 6.61 Å². The Morgan fingerprint density at radius 1 is 1.16 bits per heavy atom. The van der Waals surface area contributed by atoms with Crippen LogP contribution in [0.4, 0.5) is 0 Å². The highest BCUT2D eigenvalue weighted by Crippen LogP contribution is 2.37. The molecule has 2 aromatic rings. The molecule has 0 fully saturated rings. The average molecular weight is 253 g/mol. The molecule has 0 unspecified atom stereocenters. The fourth-order valence-corrected chi connectivity index (χ4v) is 2.69. The molecule has 2 heteroatoms. The zero-order valence-corrected chi connectivity index (χ0v) is 11.3. The van der Waals surface area contributed by atoms with Gasteiger partial charge in [-0.2, -0.15) is 0 Å². The molecule has 1 heterocycles. The quantitative estimate of drug-likeness (QED) is 0.889. The fraction of sp³-hybridized carbons (Fsp3) is 0.294. The first kappa shape index (κ1) is 12.2. The highest BCUT2D eigenvalue weighted by molar-refractivity contribution is 5.75. The van der Waals surface area contributed by atoms with Crippen molar-refractivity contribution >= 4 is 0 Å². The maximum atomic E-state index is 5.91. The third kappa shape index (κ3) is 2.24. The summed E-state index contributed by atoms with van der Waals surface area (Å²) in [6.45, 7) is 3.53. The molecule has 19 heavy (non-hydrogen) atoms. The maximum Gasteiger partial charge on any atom is 0.130 e. The van der Waals surface area contributed by atoms with E-state index in [4.69, 9.17) is 10.5 Å². The van der Waals surface area contributed by atoms with Crippen molar-refractivity contribution in [3.63, 3.8) is 0 Å². The number of hydrogen-bond acceptors (Lipinski definition) is 2. The zero-order valence-electron chi connectivity index (χ0n) is 11.3. The normalized spacial score (nSPS) is 13.8. The van der Waals surface area contributed by atoms with Crippen molar-refractivity contribution in [3.8, 4) is 16.9 Å². The standard InChI is InChI=1S/C17H19NO/c1-12-7-8-13(11-18)10-16(12)15-6-2-4-14-5-3-9-19-17(14)15/h2,4,6-8,10H,3,5,9,11,18H2,1H3.